The number of aromatic carboxylic acids is 1. The van der Waals surface area contributed by atoms with Gasteiger partial charge in [0.05, 0.1) is 12.3 Å². The summed E-state index contributed by atoms with van der Waals surface area (Å²) in [6.07, 6.45) is 2.39. The molecule has 7 heteroatoms. The van der Waals surface area contributed by atoms with Crippen molar-refractivity contribution in [3.8, 4) is 17.0 Å². The number of carbonyl (C=O) groups is 1. The van der Waals surface area contributed by atoms with Crippen LogP contribution in [0.15, 0.2) is 54.2 Å². The van der Waals surface area contributed by atoms with E-state index in [1.54, 1.807) is 29.5 Å². The van der Waals surface area contributed by atoms with Crippen LogP contribution in [0.4, 0.5) is 5.82 Å². The SMILES string of the molecule is CCOc1cc(-c2cc(NCCc3cc(C)c4sccc4c3)ncn2)ccc1C(=O)O. The number of rotatable bonds is 8. The van der Waals surface area contributed by atoms with Crippen molar-refractivity contribution >= 4 is 33.2 Å². The Morgan fingerprint density at radius 2 is 2.03 bits per heavy atom. The molecule has 2 aromatic carbocycles. The molecule has 0 aliphatic carbocycles. The van der Waals surface area contributed by atoms with E-state index >= 15 is 0 Å². The van der Waals surface area contributed by atoms with Gasteiger partial charge in [-0.05, 0) is 60.4 Å². The van der Waals surface area contributed by atoms with Gasteiger partial charge in [-0.25, -0.2) is 14.8 Å². The summed E-state index contributed by atoms with van der Waals surface area (Å²) in [5.74, 6) is 0.0364. The number of anilines is 1. The third kappa shape index (κ3) is 4.67. The van der Waals surface area contributed by atoms with Gasteiger partial charge in [0, 0.05) is 22.9 Å². The van der Waals surface area contributed by atoms with Crippen LogP contribution >= 0.6 is 11.3 Å². The normalized spacial score (nSPS) is 10.9. The van der Waals surface area contributed by atoms with E-state index in [9.17, 15) is 9.90 Å². The number of carboxylic acid groups (broad SMARTS) is 1. The highest BCUT2D eigenvalue weighted by Gasteiger charge is 2.13. The van der Waals surface area contributed by atoms with Crippen molar-refractivity contribution in [1.82, 2.24) is 9.97 Å². The molecule has 0 radical (unpaired) electrons. The van der Waals surface area contributed by atoms with Crippen molar-refractivity contribution in [3.05, 3.63) is 70.9 Å². The maximum atomic E-state index is 11.4. The summed E-state index contributed by atoms with van der Waals surface area (Å²) in [7, 11) is 0. The largest absolute Gasteiger partial charge is 0.493 e. The second-order valence-corrected chi connectivity index (χ2v) is 8.08. The number of nitrogens with zero attached hydrogens (tertiary/aromatic N) is 2. The van der Waals surface area contributed by atoms with Crippen LogP contribution in [-0.4, -0.2) is 34.2 Å². The fourth-order valence-corrected chi connectivity index (χ4v) is 4.42. The second kappa shape index (κ2) is 9.14. The first kappa shape index (κ1) is 20.8. The van der Waals surface area contributed by atoms with Gasteiger partial charge in [0.2, 0.25) is 0 Å². The van der Waals surface area contributed by atoms with Crippen molar-refractivity contribution in [2.24, 2.45) is 0 Å². The third-order valence-electron chi connectivity index (χ3n) is 4.99. The van der Waals surface area contributed by atoms with E-state index in [1.165, 1.54) is 27.5 Å². The average Bonchev–Trinajstić information content (AvgIpc) is 3.23. The number of thiophene rings is 1. The smallest absolute Gasteiger partial charge is 0.339 e. The van der Waals surface area contributed by atoms with Gasteiger partial charge in [-0.2, -0.15) is 0 Å². The molecule has 0 atom stereocenters. The Hall–Kier alpha value is -3.45. The summed E-state index contributed by atoms with van der Waals surface area (Å²) in [6.45, 7) is 5.10. The summed E-state index contributed by atoms with van der Waals surface area (Å²) < 4.78 is 6.84. The molecule has 0 unspecified atom stereocenters. The lowest BCUT2D eigenvalue weighted by atomic mass is 10.1. The van der Waals surface area contributed by atoms with Crippen LogP contribution in [-0.2, 0) is 6.42 Å². The molecule has 2 N–H and O–H groups in total. The number of hydrogen-bond donors (Lipinski definition) is 2. The summed E-state index contributed by atoms with van der Waals surface area (Å²) in [5, 5.41) is 16.1. The van der Waals surface area contributed by atoms with Crippen LogP contribution in [0.25, 0.3) is 21.3 Å². The zero-order valence-corrected chi connectivity index (χ0v) is 18.2. The van der Waals surface area contributed by atoms with E-state index < -0.39 is 5.97 Å². The molecule has 4 aromatic rings. The Morgan fingerprint density at radius 3 is 2.84 bits per heavy atom. The molecule has 0 aliphatic heterocycles. The maximum Gasteiger partial charge on any atom is 0.339 e. The van der Waals surface area contributed by atoms with Crippen molar-refractivity contribution in [2.75, 3.05) is 18.5 Å². The summed E-state index contributed by atoms with van der Waals surface area (Å²) in [5.41, 5.74) is 4.21. The number of benzene rings is 2. The predicted molar refractivity (Wildman–Crippen MR) is 124 cm³/mol. The second-order valence-electron chi connectivity index (χ2n) is 7.17. The Labute approximate surface area is 184 Å². The lowest BCUT2D eigenvalue weighted by molar-refractivity contribution is 0.0692. The van der Waals surface area contributed by atoms with Gasteiger partial charge in [-0.15, -0.1) is 11.3 Å². The summed E-state index contributed by atoms with van der Waals surface area (Å²) >= 11 is 1.78. The molecule has 0 saturated carbocycles. The van der Waals surface area contributed by atoms with Crippen molar-refractivity contribution in [3.63, 3.8) is 0 Å². The van der Waals surface area contributed by atoms with Crippen molar-refractivity contribution < 1.29 is 14.6 Å². The lowest BCUT2D eigenvalue weighted by Gasteiger charge is -2.11. The van der Waals surface area contributed by atoms with Crippen LogP contribution in [0, 0.1) is 6.92 Å². The molecule has 31 heavy (non-hydrogen) atoms. The molecule has 4 rings (SSSR count). The number of aromatic nitrogens is 2. The standard InChI is InChI=1S/C24H23N3O3S/c1-3-30-21-12-17(4-5-19(21)24(28)29)20-13-22(27-14-26-20)25-8-6-16-10-15(2)23-18(11-16)7-9-31-23/h4-5,7,9-14H,3,6,8H2,1-2H3,(H,28,29)(H,25,26,27). The molecule has 0 bridgehead atoms. The van der Waals surface area contributed by atoms with E-state index in [4.69, 9.17) is 4.74 Å². The van der Waals surface area contributed by atoms with Crippen LogP contribution in [0.2, 0.25) is 0 Å². The average molecular weight is 434 g/mol. The van der Waals surface area contributed by atoms with Crippen LogP contribution in [0.3, 0.4) is 0 Å². The molecule has 0 amide bonds. The number of nitrogens with one attached hydrogen (secondary N) is 1. The molecule has 0 aliphatic rings. The van der Waals surface area contributed by atoms with E-state index in [0.717, 1.165) is 24.3 Å². The molecule has 2 aromatic heterocycles. The van der Waals surface area contributed by atoms with Crippen molar-refractivity contribution in [1.29, 1.82) is 0 Å². The van der Waals surface area contributed by atoms with Gasteiger partial charge < -0.3 is 15.2 Å². The number of fused-ring (bicyclic) bond motifs is 1. The maximum absolute atomic E-state index is 11.4. The molecule has 0 saturated heterocycles. The highest BCUT2D eigenvalue weighted by Crippen LogP contribution is 2.28. The fourth-order valence-electron chi connectivity index (χ4n) is 3.56. The molecule has 6 nitrogen and oxygen atoms in total. The first-order valence-electron chi connectivity index (χ1n) is 10.1. The van der Waals surface area contributed by atoms with Crippen LogP contribution < -0.4 is 10.1 Å². The van der Waals surface area contributed by atoms with Gasteiger partial charge in [0.15, 0.2) is 0 Å². The minimum atomic E-state index is -1.02. The fraction of sp³-hybridized carbons (Fsp3) is 0.208. The Balaban J connectivity index is 1.48. The van der Waals surface area contributed by atoms with E-state index in [0.29, 0.717) is 18.1 Å². The predicted octanol–water partition coefficient (Wildman–Crippen LogP) is 5.42. The monoisotopic (exact) mass is 433 g/mol. The molecular formula is C24H23N3O3S. The van der Waals surface area contributed by atoms with Crippen molar-refractivity contribution in [2.45, 2.75) is 20.3 Å². The number of carboxylic acids is 1. The minimum Gasteiger partial charge on any atom is -0.493 e. The minimum absolute atomic E-state index is 0.135. The first-order valence-corrected chi connectivity index (χ1v) is 11.0. The van der Waals surface area contributed by atoms with Gasteiger partial charge in [0.25, 0.3) is 0 Å². The lowest BCUT2D eigenvalue weighted by Crippen LogP contribution is -2.07. The Bertz CT molecular complexity index is 1240. The number of hydrogen-bond acceptors (Lipinski definition) is 6. The highest BCUT2D eigenvalue weighted by atomic mass is 32.1. The van der Waals surface area contributed by atoms with Crippen LogP contribution in [0.1, 0.15) is 28.4 Å². The highest BCUT2D eigenvalue weighted by molar-refractivity contribution is 7.17. The molecular weight excluding hydrogens is 410 g/mol. The van der Waals surface area contributed by atoms with E-state index in [-0.39, 0.29) is 5.56 Å². The Kier molecular flexibility index (Phi) is 6.13. The van der Waals surface area contributed by atoms with E-state index in [1.807, 2.05) is 13.0 Å². The zero-order valence-electron chi connectivity index (χ0n) is 17.4. The molecule has 0 spiro atoms. The van der Waals surface area contributed by atoms with Gasteiger partial charge in [-0.1, -0.05) is 18.2 Å². The van der Waals surface area contributed by atoms with E-state index in [2.05, 4.69) is 45.8 Å². The quantitative estimate of drug-likeness (QED) is 0.386. The van der Waals surface area contributed by atoms with Crippen LogP contribution in [0.5, 0.6) is 5.75 Å². The number of aryl methyl sites for hydroxylation is 1. The van der Waals surface area contributed by atoms with Gasteiger partial charge in [0.1, 0.15) is 23.5 Å². The number of ether oxygens (including phenoxy) is 1. The van der Waals surface area contributed by atoms with Gasteiger partial charge >= 0.3 is 5.97 Å². The Morgan fingerprint density at radius 1 is 1.16 bits per heavy atom. The topological polar surface area (TPSA) is 84.3 Å². The molecule has 2 heterocycles. The first-order chi connectivity index (χ1) is 15.0. The van der Waals surface area contributed by atoms with Gasteiger partial charge in [-0.3, -0.25) is 0 Å². The third-order valence-corrected chi connectivity index (χ3v) is 6.06. The summed E-state index contributed by atoms with van der Waals surface area (Å²) in [6, 6.07) is 13.5. The zero-order chi connectivity index (χ0) is 21.8. The molecule has 0 fully saturated rings. The summed E-state index contributed by atoms with van der Waals surface area (Å²) in [4.78, 5) is 20.0. The molecule has 158 valence electrons.